The van der Waals surface area contributed by atoms with E-state index in [1.54, 1.807) is 11.1 Å². The summed E-state index contributed by atoms with van der Waals surface area (Å²) in [7, 11) is 0. The average Bonchev–Trinajstić information content (AvgIpc) is 3.09. The number of hydrogen-bond donors (Lipinski definition) is 2. The Kier molecular flexibility index (Phi) is 6.88. The zero-order valence-corrected chi connectivity index (χ0v) is 15.8. The second kappa shape index (κ2) is 8.91. The molecular formula is C19H29ClN2OS. The van der Waals surface area contributed by atoms with Crippen molar-refractivity contribution in [1.29, 1.82) is 0 Å². The molecule has 2 N–H and O–H groups in total. The van der Waals surface area contributed by atoms with E-state index in [0.717, 1.165) is 32.2 Å². The van der Waals surface area contributed by atoms with Gasteiger partial charge in [-0.05, 0) is 42.1 Å². The van der Waals surface area contributed by atoms with Crippen molar-refractivity contribution in [2.45, 2.75) is 43.0 Å². The first kappa shape index (κ1) is 18.5. The van der Waals surface area contributed by atoms with E-state index in [9.17, 15) is 0 Å². The number of halogens is 1. The Hall–Kier alpha value is -0.260. The van der Waals surface area contributed by atoms with Gasteiger partial charge in [-0.25, -0.2) is 0 Å². The van der Waals surface area contributed by atoms with Gasteiger partial charge in [0.25, 0.3) is 0 Å². The molecule has 0 spiro atoms. The highest BCUT2D eigenvalue weighted by Gasteiger charge is 2.35. The Morgan fingerprint density at radius 1 is 1.25 bits per heavy atom. The van der Waals surface area contributed by atoms with Gasteiger partial charge in [-0.3, -0.25) is 0 Å². The normalized spacial score (nSPS) is 32.8. The van der Waals surface area contributed by atoms with Crippen LogP contribution in [0, 0.1) is 5.92 Å². The number of fused-ring (bicyclic) bond motifs is 1. The van der Waals surface area contributed by atoms with Crippen molar-refractivity contribution in [3.05, 3.63) is 35.4 Å². The fourth-order valence-corrected chi connectivity index (χ4v) is 5.73. The highest BCUT2D eigenvalue weighted by Crippen LogP contribution is 2.37. The molecule has 4 unspecified atom stereocenters. The maximum Gasteiger partial charge on any atom is 0.0623 e. The third kappa shape index (κ3) is 4.10. The minimum absolute atomic E-state index is 0. The monoisotopic (exact) mass is 368 g/mol. The predicted octanol–water partition coefficient (Wildman–Crippen LogP) is 3.19. The highest BCUT2D eigenvalue weighted by atomic mass is 35.5. The van der Waals surface area contributed by atoms with E-state index in [1.807, 2.05) is 0 Å². The van der Waals surface area contributed by atoms with Gasteiger partial charge in [-0.1, -0.05) is 30.7 Å². The molecule has 4 atom stereocenters. The van der Waals surface area contributed by atoms with Gasteiger partial charge in [0.2, 0.25) is 0 Å². The molecule has 0 bridgehead atoms. The van der Waals surface area contributed by atoms with Crippen LogP contribution in [0.4, 0.5) is 0 Å². The van der Waals surface area contributed by atoms with Crippen molar-refractivity contribution in [2.24, 2.45) is 5.92 Å². The van der Waals surface area contributed by atoms with Crippen LogP contribution in [0.1, 0.15) is 35.6 Å². The van der Waals surface area contributed by atoms with Gasteiger partial charge in [0, 0.05) is 30.4 Å². The van der Waals surface area contributed by atoms with Crippen LogP contribution in [0.2, 0.25) is 0 Å². The van der Waals surface area contributed by atoms with Crippen LogP contribution in [0.3, 0.4) is 0 Å². The fraction of sp³-hybridized carbons (Fsp3) is 0.684. The molecule has 3 aliphatic rings. The van der Waals surface area contributed by atoms with Crippen LogP contribution in [-0.4, -0.2) is 44.1 Å². The van der Waals surface area contributed by atoms with Gasteiger partial charge in [0.1, 0.15) is 0 Å². The molecule has 2 fully saturated rings. The molecule has 3 nitrogen and oxygen atoms in total. The second-order valence-corrected chi connectivity index (χ2v) is 8.36. The van der Waals surface area contributed by atoms with Crippen LogP contribution < -0.4 is 10.6 Å². The van der Waals surface area contributed by atoms with Gasteiger partial charge in [0.15, 0.2) is 0 Å². The lowest BCUT2D eigenvalue weighted by Crippen LogP contribution is -2.51. The summed E-state index contributed by atoms with van der Waals surface area (Å²) in [4.78, 5) is 0. The zero-order chi connectivity index (χ0) is 15.5. The highest BCUT2D eigenvalue weighted by molar-refractivity contribution is 7.99. The lowest BCUT2D eigenvalue weighted by Gasteiger charge is -2.34. The average molecular weight is 369 g/mol. The number of aryl methyl sites for hydroxylation is 1. The first-order valence-corrected chi connectivity index (χ1v) is 10.2. The SMILES string of the molecule is Cl.c1ccc2c(c1)CCSC2CNC1CCCC1C1COCCN1. The summed E-state index contributed by atoms with van der Waals surface area (Å²) in [5.74, 6) is 1.99. The molecule has 5 heteroatoms. The molecule has 1 aromatic carbocycles. The molecule has 0 amide bonds. The predicted molar refractivity (Wildman–Crippen MR) is 104 cm³/mol. The maximum atomic E-state index is 5.69. The Morgan fingerprint density at radius 2 is 2.17 bits per heavy atom. The van der Waals surface area contributed by atoms with E-state index in [-0.39, 0.29) is 12.4 Å². The minimum atomic E-state index is 0. The largest absolute Gasteiger partial charge is 0.379 e. The van der Waals surface area contributed by atoms with Gasteiger partial charge >= 0.3 is 0 Å². The Morgan fingerprint density at radius 3 is 3.04 bits per heavy atom. The van der Waals surface area contributed by atoms with Gasteiger partial charge in [-0.2, -0.15) is 11.8 Å². The molecule has 2 heterocycles. The summed E-state index contributed by atoms with van der Waals surface area (Å²) in [5.41, 5.74) is 3.12. The summed E-state index contributed by atoms with van der Waals surface area (Å²) in [6, 6.07) is 10.2. The van der Waals surface area contributed by atoms with Crippen LogP contribution in [0.5, 0.6) is 0 Å². The van der Waals surface area contributed by atoms with Crippen molar-refractivity contribution < 1.29 is 4.74 Å². The summed E-state index contributed by atoms with van der Waals surface area (Å²) in [6.07, 6.45) is 5.25. The third-order valence-electron chi connectivity index (χ3n) is 5.69. The third-order valence-corrected chi connectivity index (χ3v) is 6.96. The quantitative estimate of drug-likeness (QED) is 0.855. The van der Waals surface area contributed by atoms with Crippen LogP contribution in [0.25, 0.3) is 0 Å². The molecule has 134 valence electrons. The molecular weight excluding hydrogens is 340 g/mol. The van der Waals surface area contributed by atoms with Crippen molar-refractivity contribution in [3.8, 4) is 0 Å². The summed E-state index contributed by atoms with van der Waals surface area (Å²) >= 11 is 2.12. The smallest absolute Gasteiger partial charge is 0.0623 e. The summed E-state index contributed by atoms with van der Waals surface area (Å²) in [5, 5.41) is 8.22. The molecule has 24 heavy (non-hydrogen) atoms. The summed E-state index contributed by atoms with van der Waals surface area (Å²) < 4.78 is 5.69. The molecule has 0 radical (unpaired) electrons. The molecule has 1 saturated heterocycles. The lowest BCUT2D eigenvalue weighted by atomic mass is 9.93. The molecule has 1 aromatic rings. The van der Waals surface area contributed by atoms with E-state index < -0.39 is 0 Å². The number of ether oxygens (including phenoxy) is 1. The Balaban J connectivity index is 0.00000169. The van der Waals surface area contributed by atoms with Gasteiger partial charge in [-0.15, -0.1) is 12.4 Å². The number of hydrogen-bond acceptors (Lipinski definition) is 4. The van der Waals surface area contributed by atoms with E-state index in [4.69, 9.17) is 4.74 Å². The molecule has 0 aromatic heterocycles. The molecule has 1 saturated carbocycles. The number of thioether (sulfide) groups is 1. The van der Waals surface area contributed by atoms with Gasteiger partial charge in [0.05, 0.1) is 13.2 Å². The number of rotatable bonds is 4. The van der Waals surface area contributed by atoms with Crippen molar-refractivity contribution in [3.63, 3.8) is 0 Å². The Bertz CT molecular complexity index is 524. The zero-order valence-electron chi connectivity index (χ0n) is 14.2. The fourth-order valence-electron chi connectivity index (χ4n) is 4.49. The van der Waals surface area contributed by atoms with Crippen LogP contribution in [0.15, 0.2) is 24.3 Å². The first-order chi connectivity index (χ1) is 11.4. The minimum Gasteiger partial charge on any atom is -0.379 e. The molecule has 4 rings (SSSR count). The maximum absolute atomic E-state index is 5.69. The number of nitrogens with one attached hydrogen (secondary N) is 2. The topological polar surface area (TPSA) is 33.3 Å². The van der Waals surface area contributed by atoms with Crippen molar-refractivity contribution in [1.82, 2.24) is 10.6 Å². The Labute approximate surface area is 156 Å². The lowest BCUT2D eigenvalue weighted by molar-refractivity contribution is 0.0526. The van der Waals surface area contributed by atoms with Crippen LogP contribution in [-0.2, 0) is 11.2 Å². The van der Waals surface area contributed by atoms with Gasteiger partial charge < -0.3 is 15.4 Å². The number of morpholine rings is 1. The first-order valence-electron chi connectivity index (χ1n) is 9.16. The van der Waals surface area contributed by atoms with E-state index in [1.165, 1.54) is 31.4 Å². The number of benzene rings is 1. The van der Waals surface area contributed by atoms with E-state index in [0.29, 0.717) is 17.3 Å². The van der Waals surface area contributed by atoms with Crippen molar-refractivity contribution >= 4 is 24.2 Å². The molecule has 1 aliphatic carbocycles. The van der Waals surface area contributed by atoms with Crippen molar-refractivity contribution in [2.75, 3.05) is 32.1 Å². The van der Waals surface area contributed by atoms with E-state index in [2.05, 4.69) is 46.7 Å². The summed E-state index contributed by atoms with van der Waals surface area (Å²) in [6.45, 7) is 3.89. The second-order valence-electron chi connectivity index (χ2n) is 7.05. The van der Waals surface area contributed by atoms with Crippen LogP contribution >= 0.6 is 24.2 Å². The standard InChI is InChI=1S/C19H28N2OS.ClH/c1-2-5-15-14(4-1)8-11-23-19(15)12-21-17-7-3-6-16(17)18-13-22-10-9-20-18;/h1-2,4-5,16-21H,3,6-13H2;1H. The molecule has 2 aliphatic heterocycles. The van der Waals surface area contributed by atoms with E-state index >= 15 is 0 Å².